The number of carbonyl (C=O) groups is 1. The Morgan fingerprint density at radius 2 is 1.94 bits per heavy atom. The Balaban J connectivity index is 2.01. The molecule has 0 radical (unpaired) electrons. The maximum Gasteiger partial charge on any atom is 0.316 e. The van der Waals surface area contributed by atoms with Crippen molar-refractivity contribution in [2.75, 3.05) is 0 Å². The topological polar surface area (TPSA) is 42.1 Å². The number of hydrogen-bond acceptors (Lipinski definition) is 2. The second-order valence-corrected chi connectivity index (χ2v) is 4.10. The van der Waals surface area contributed by atoms with Gasteiger partial charge in [-0.25, -0.2) is 0 Å². The molecule has 1 N–H and O–H groups in total. The SMILES string of the molecule is Cc1cc(C)c(OC(=O)Cc2ccccc2)[nH]1. The van der Waals surface area contributed by atoms with Crippen molar-refractivity contribution in [1.82, 2.24) is 4.98 Å². The standard InChI is InChI=1S/C14H15NO2/c1-10-8-11(2)15-14(10)17-13(16)9-12-6-4-3-5-7-12/h3-8,15H,9H2,1-2H3. The summed E-state index contributed by atoms with van der Waals surface area (Å²) < 4.78 is 5.28. The number of aryl methyl sites for hydroxylation is 2. The lowest BCUT2D eigenvalue weighted by molar-refractivity contribution is -0.133. The van der Waals surface area contributed by atoms with E-state index in [0.717, 1.165) is 16.8 Å². The number of hydrogen-bond donors (Lipinski definition) is 1. The van der Waals surface area contributed by atoms with Crippen LogP contribution in [0.2, 0.25) is 0 Å². The molecule has 3 nitrogen and oxygen atoms in total. The van der Waals surface area contributed by atoms with Gasteiger partial charge in [0.15, 0.2) is 0 Å². The van der Waals surface area contributed by atoms with Gasteiger partial charge in [-0.3, -0.25) is 4.79 Å². The van der Waals surface area contributed by atoms with Gasteiger partial charge in [-0.2, -0.15) is 0 Å². The number of ether oxygens (including phenoxy) is 1. The van der Waals surface area contributed by atoms with Crippen molar-refractivity contribution >= 4 is 5.97 Å². The monoisotopic (exact) mass is 229 g/mol. The van der Waals surface area contributed by atoms with Crippen LogP contribution < -0.4 is 4.74 Å². The lowest BCUT2D eigenvalue weighted by atomic mass is 10.2. The number of rotatable bonds is 3. The molecule has 0 aliphatic carbocycles. The number of carbonyl (C=O) groups excluding carboxylic acids is 1. The van der Waals surface area contributed by atoms with Crippen LogP contribution in [0, 0.1) is 13.8 Å². The average Bonchev–Trinajstić information content (AvgIpc) is 2.58. The molecule has 0 unspecified atom stereocenters. The molecule has 0 aliphatic rings. The first-order chi connectivity index (χ1) is 8.15. The highest BCUT2D eigenvalue weighted by atomic mass is 16.5. The molecular weight excluding hydrogens is 214 g/mol. The van der Waals surface area contributed by atoms with E-state index in [-0.39, 0.29) is 5.97 Å². The largest absolute Gasteiger partial charge is 0.409 e. The lowest BCUT2D eigenvalue weighted by Crippen LogP contribution is -2.11. The van der Waals surface area contributed by atoms with E-state index in [1.807, 2.05) is 50.2 Å². The predicted molar refractivity (Wildman–Crippen MR) is 66.0 cm³/mol. The van der Waals surface area contributed by atoms with Gasteiger partial charge in [0.05, 0.1) is 6.42 Å². The van der Waals surface area contributed by atoms with Gasteiger partial charge in [-0.05, 0) is 25.5 Å². The van der Waals surface area contributed by atoms with E-state index in [2.05, 4.69) is 4.98 Å². The highest BCUT2D eigenvalue weighted by Crippen LogP contribution is 2.17. The molecule has 1 aromatic heterocycles. The maximum atomic E-state index is 11.7. The number of nitrogens with one attached hydrogen (secondary N) is 1. The van der Waals surface area contributed by atoms with Crippen LogP contribution >= 0.6 is 0 Å². The maximum absolute atomic E-state index is 11.7. The number of esters is 1. The molecule has 2 rings (SSSR count). The minimum atomic E-state index is -0.249. The fourth-order valence-corrected chi connectivity index (χ4v) is 1.72. The molecule has 1 heterocycles. The first-order valence-corrected chi connectivity index (χ1v) is 5.56. The molecule has 0 saturated carbocycles. The third-order valence-electron chi connectivity index (χ3n) is 2.51. The number of H-pyrrole nitrogens is 1. The van der Waals surface area contributed by atoms with Crippen molar-refractivity contribution < 1.29 is 9.53 Å². The highest BCUT2D eigenvalue weighted by Gasteiger charge is 2.09. The Kier molecular flexibility index (Phi) is 3.28. The molecule has 0 spiro atoms. The summed E-state index contributed by atoms with van der Waals surface area (Å²) in [5.74, 6) is 0.296. The van der Waals surface area contributed by atoms with Crippen LogP contribution in [-0.2, 0) is 11.2 Å². The number of benzene rings is 1. The van der Waals surface area contributed by atoms with E-state index >= 15 is 0 Å². The summed E-state index contributed by atoms with van der Waals surface area (Å²) >= 11 is 0. The summed E-state index contributed by atoms with van der Waals surface area (Å²) in [6.45, 7) is 3.84. The third-order valence-corrected chi connectivity index (χ3v) is 2.51. The quantitative estimate of drug-likeness (QED) is 0.822. The Labute approximate surface area is 100 Å². The van der Waals surface area contributed by atoms with Gasteiger partial charge >= 0.3 is 5.97 Å². The van der Waals surface area contributed by atoms with E-state index in [0.29, 0.717) is 12.3 Å². The van der Waals surface area contributed by atoms with Gasteiger partial charge in [-0.1, -0.05) is 30.3 Å². The van der Waals surface area contributed by atoms with Crippen LogP contribution in [0.25, 0.3) is 0 Å². The van der Waals surface area contributed by atoms with Crippen LogP contribution in [-0.4, -0.2) is 11.0 Å². The highest BCUT2D eigenvalue weighted by molar-refractivity contribution is 5.75. The summed E-state index contributed by atoms with van der Waals surface area (Å²) in [4.78, 5) is 14.7. The van der Waals surface area contributed by atoms with E-state index in [4.69, 9.17) is 4.74 Å². The van der Waals surface area contributed by atoms with Crippen LogP contribution in [0.15, 0.2) is 36.4 Å². The van der Waals surface area contributed by atoms with Crippen molar-refractivity contribution in [3.63, 3.8) is 0 Å². The van der Waals surface area contributed by atoms with Crippen molar-refractivity contribution in [3.8, 4) is 5.88 Å². The fraction of sp³-hybridized carbons (Fsp3) is 0.214. The molecule has 0 saturated heterocycles. The molecule has 0 atom stereocenters. The first-order valence-electron chi connectivity index (χ1n) is 5.56. The van der Waals surface area contributed by atoms with Gasteiger partial charge in [0.2, 0.25) is 5.88 Å². The fourth-order valence-electron chi connectivity index (χ4n) is 1.72. The number of aromatic amines is 1. The van der Waals surface area contributed by atoms with Gasteiger partial charge in [0, 0.05) is 11.3 Å². The molecule has 0 aliphatic heterocycles. The predicted octanol–water partition coefficient (Wildman–Crippen LogP) is 2.78. The van der Waals surface area contributed by atoms with E-state index in [9.17, 15) is 4.79 Å². The van der Waals surface area contributed by atoms with Gasteiger partial charge in [0.25, 0.3) is 0 Å². The zero-order valence-corrected chi connectivity index (χ0v) is 9.99. The van der Waals surface area contributed by atoms with E-state index in [1.54, 1.807) is 0 Å². The molecule has 3 heteroatoms. The van der Waals surface area contributed by atoms with Crippen molar-refractivity contribution in [2.24, 2.45) is 0 Å². The van der Waals surface area contributed by atoms with E-state index in [1.165, 1.54) is 0 Å². The Morgan fingerprint density at radius 1 is 1.24 bits per heavy atom. The molecule has 0 bridgehead atoms. The first kappa shape index (κ1) is 11.5. The van der Waals surface area contributed by atoms with Crippen LogP contribution in [0.5, 0.6) is 5.88 Å². The third kappa shape index (κ3) is 2.97. The summed E-state index contributed by atoms with van der Waals surface area (Å²) in [6.07, 6.45) is 0.290. The van der Waals surface area contributed by atoms with Gasteiger partial charge in [0.1, 0.15) is 0 Å². The molecule has 88 valence electrons. The zero-order valence-electron chi connectivity index (χ0n) is 9.99. The average molecular weight is 229 g/mol. The summed E-state index contributed by atoms with van der Waals surface area (Å²) in [5.41, 5.74) is 2.90. The normalized spacial score (nSPS) is 10.2. The van der Waals surface area contributed by atoms with Crippen LogP contribution in [0.4, 0.5) is 0 Å². The summed E-state index contributed by atoms with van der Waals surface area (Å²) in [5, 5.41) is 0. The van der Waals surface area contributed by atoms with Crippen molar-refractivity contribution in [3.05, 3.63) is 53.2 Å². The van der Waals surface area contributed by atoms with E-state index < -0.39 is 0 Å². The van der Waals surface area contributed by atoms with Crippen LogP contribution in [0.3, 0.4) is 0 Å². The Hall–Kier alpha value is -2.03. The smallest absolute Gasteiger partial charge is 0.316 e. The minimum Gasteiger partial charge on any atom is -0.409 e. The molecule has 2 aromatic rings. The molecule has 1 aromatic carbocycles. The second-order valence-electron chi connectivity index (χ2n) is 4.10. The van der Waals surface area contributed by atoms with Crippen molar-refractivity contribution in [1.29, 1.82) is 0 Å². The zero-order chi connectivity index (χ0) is 12.3. The number of aromatic nitrogens is 1. The molecule has 0 amide bonds. The molecule has 17 heavy (non-hydrogen) atoms. The molecule has 0 fully saturated rings. The Bertz CT molecular complexity index is 514. The minimum absolute atomic E-state index is 0.249. The lowest BCUT2D eigenvalue weighted by Gasteiger charge is -2.03. The van der Waals surface area contributed by atoms with Crippen LogP contribution in [0.1, 0.15) is 16.8 Å². The van der Waals surface area contributed by atoms with Gasteiger partial charge in [-0.15, -0.1) is 0 Å². The molecular formula is C14H15NO2. The van der Waals surface area contributed by atoms with Crippen molar-refractivity contribution in [2.45, 2.75) is 20.3 Å². The Morgan fingerprint density at radius 3 is 2.53 bits per heavy atom. The summed E-state index contributed by atoms with van der Waals surface area (Å²) in [6, 6.07) is 11.5. The summed E-state index contributed by atoms with van der Waals surface area (Å²) in [7, 11) is 0. The van der Waals surface area contributed by atoms with Gasteiger partial charge < -0.3 is 9.72 Å². The second kappa shape index (κ2) is 4.87.